The van der Waals surface area contributed by atoms with Crippen LogP contribution in [0.3, 0.4) is 0 Å². The second-order valence-corrected chi connectivity index (χ2v) is 8.28. The lowest BCUT2D eigenvalue weighted by atomic mass is 9.92. The monoisotopic (exact) mass is 399 g/mol. The van der Waals surface area contributed by atoms with Crippen molar-refractivity contribution in [1.82, 2.24) is 5.32 Å². The number of carbonyl (C=O) groups excluding carboxylic acids is 2. The van der Waals surface area contributed by atoms with Gasteiger partial charge in [0.1, 0.15) is 13.2 Å². The molecule has 1 fully saturated rings. The number of hydrogen-bond donors (Lipinski definition) is 1. The van der Waals surface area contributed by atoms with E-state index in [4.69, 9.17) is 14.2 Å². The molecule has 0 aliphatic carbocycles. The van der Waals surface area contributed by atoms with Crippen molar-refractivity contribution in [3.8, 4) is 11.5 Å². The lowest BCUT2D eigenvalue weighted by Crippen LogP contribution is -2.41. The van der Waals surface area contributed by atoms with Crippen molar-refractivity contribution >= 4 is 23.6 Å². The Bertz CT molecular complexity index is 914. The minimum Gasteiger partial charge on any atom is -0.486 e. The molecule has 4 rings (SSSR count). The third-order valence-corrected chi connectivity index (χ3v) is 6.37. The molecule has 2 aromatic rings. The number of ether oxygens (including phenoxy) is 3. The molecule has 2 unspecified atom stereocenters. The molecule has 2 aromatic carbocycles. The molecule has 2 heterocycles. The van der Waals surface area contributed by atoms with Gasteiger partial charge in [-0.15, -0.1) is 11.8 Å². The van der Waals surface area contributed by atoms with E-state index in [1.54, 1.807) is 0 Å². The van der Waals surface area contributed by atoms with Gasteiger partial charge >= 0.3 is 5.97 Å². The molecule has 2 aliphatic rings. The molecule has 1 N–H and O–H groups in total. The molecule has 2 aliphatic heterocycles. The number of amides is 1. The first kappa shape index (κ1) is 18.7. The predicted octanol–water partition coefficient (Wildman–Crippen LogP) is 3.03. The van der Waals surface area contributed by atoms with Gasteiger partial charge < -0.3 is 19.5 Å². The van der Waals surface area contributed by atoms with E-state index in [2.05, 4.69) is 5.32 Å². The van der Waals surface area contributed by atoms with Crippen molar-refractivity contribution in [3.05, 3.63) is 53.6 Å². The molecular formula is C21H21NO5S. The Balaban J connectivity index is 1.75. The molecule has 146 valence electrons. The van der Waals surface area contributed by atoms with Gasteiger partial charge in [0.15, 0.2) is 16.2 Å². The molecule has 1 amide bonds. The number of aryl methyl sites for hydroxylation is 1. The summed E-state index contributed by atoms with van der Waals surface area (Å²) in [4.78, 5) is 26.2. The molecule has 7 heteroatoms. The SMILES string of the molecule is COC(=O)C1(Sc2ccc(C)cc2)CC(=O)NC1c1ccc2c(c1)OCCO2. The third kappa shape index (κ3) is 3.30. The fraction of sp³-hybridized carbons (Fsp3) is 0.333. The average Bonchev–Trinajstić information content (AvgIpc) is 3.05. The number of carbonyl (C=O) groups is 2. The van der Waals surface area contributed by atoms with Crippen LogP contribution in [0.1, 0.15) is 23.6 Å². The second-order valence-electron chi connectivity index (χ2n) is 6.88. The molecule has 0 aromatic heterocycles. The Hall–Kier alpha value is -2.67. The highest BCUT2D eigenvalue weighted by Crippen LogP contribution is 2.50. The number of nitrogens with one attached hydrogen (secondary N) is 1. The number of esters is 1. The van der Waals surface area contributed by atoms with Gasteiger partial charge in [0.25, 0.3) is 0 Å². The van der Waals surface area contributed by atoms with Crippen LogP contribution in [0.25, 0.3) is 0 Å². The first-order valence-corrected chi connectivity index (χ1v) is 9.86. The van der Waals surface area contributed by atoms with Crippen LogP contribution in [0, 0.1) is 6.92 Å². The van der Waals surface area contributed by atoms with Gasteiger partial charge in [-0.05, 0) is 36.8 Å². The summed E-state index contributed by atoms with van der Waals surface area (Å²) < 4.78 is 15.3. The topological polar surface area (TPSA) is 73.9 Å². The lowest BCUT2D eigenvalue weighted by Gasteiger charge is -2.31. The first-order valence-electron chi connectivity index (χ1n) is 9.05. The normalized spacial score (nSPS) is 23.2. The number of hydrogen-bond acceptors (Lipinski definition) is 6. The lowest BCUT2D eigenvalue weighted by molar-refractivity contribution is -0.144. The summed E-state index contributed by atoms with van der Waals surface area (Å²) in [7, 11) is 1.35. The van der Waals surface area contributed by atoms with Crippen LogP contribution in [0.4, 0.5) is 0 Å². The van der Waals surface area contributed by atoms with Crippen molar-refractivity contribution in [2.24, 2.45) is 0 Å². The maximum Gasteiger partial charge on any atom is 0.325 e. The minimum absolute atomic E-state index is 0.0390. The molecule has 0 saturated carbocycles. The summed E-state index contributed by atoms with van der Waals surface area (Å²) in [5.41, 5.74) is 1.90. The van der Waals surface area contributed by atoms with E-state index in [0.29, 0.717) is 24.7 Å². The summed E-state index contributed by atoms with van der Waals surface area (Å²) in [6.07, 6.45) is 0.0390. The predicted molar refractivity (Wildman–Crippen MR) is 105 cm³/mol. The molecule has 0 bridgehead atoms. The molecule has 2 atom stereocenters. The fourth-order valence-electron chi connectivity index (χ4n) is 3.58. The zero-order valence-electron chi connectivity index (χ0n) is 15.7. The van der Waals surface area contributed by atoms with Crippen LogP contribution < -0.4 is 14.8 Å². The number of rotatable bonds is 4. The number of fused-ring (bicyclic) bond motifs is 1. The molecule has 28 heavy (non-hydrogen) atoms. The van der Waals surface area contributed by atoms with E-state index in [9.17, 15) is 9.59 Å². The summed E-state index contributed by atoms with van der Waals surface area (Å²) >= 11 is 1.35. The van der Waals surface area contributed by atoms with Gasteiger partial charge in [0.2, 0.25) is 5.91 Å². The highest BCUT2D eigenvalue weighted by molar-refractivity contribution is 8.01. The summed E-state index contributed by atoms with van der Waals surface area (Å²) in [6, 6.07) is 12.8. The first-order chi connectivity index (χ1) is 13.5. The van der Waals surface area contributed by atoms with Crippen molar-refractivity contribution in [1.29, 1.82) is 0 Å². The summed E-state index contributed by atoms with van der Waals surface area (Å²) in [5, 5.41) is 2.96. The minimum atomic E-state index is -1.11. The van der Waals surface area contributed by atoms with Crippen LogP contribution in [0.2, 0.25) is 0 Å². The second kappa shape index (κ2) is 7.39. The van der Waals surface area contributed by atoms with E-state index in [1.807, 2.05) is 49.4 Å². The van der Waals surface area contributed by atoms with E-state index in [-0.39, 0.29) is 12.3 Å². The number of thioether (sulfide) groups is 1. The number of benzene rings is 2. The maximum atomic E-state index is 12.9. The maximum absolute atomic E-state index is 12.9. The summed E-state index contributed by atoms with van der Waals surface area (Å²) in [5.74, 6) is 0.652. The van der Waals surface area contributed by atoms with Gasteiger partial charge in [-0.1, -0.05) is 23.8 Å². The summed E-state index contributed by atoms with van der Waals surface area (Å²) in [6.45, 7) is 2.97. The quantitative estimate of drug-likeness (QED) is 0.797. The van der Waals surface area contributed by atoms with Gasteiger partial charge in [0, 0.05) is 4.90 Å². The van der Waals surface area contributed by atoms with E-state index in [0.717, 1.165) is 16.0 Å². The number of methoxy groups -OCH3 is 1. The molecule has 0 radical (unpaired) electrons. The Morgan fingerprint density at radius 3 is 2.57 bits per heavy atom. The molecule has 6 nitrogen and oxygen atoms in total. The Morgan fingerprint density at radius 1 is 1.14 bits per heavy atom. The molecular weight excluding hydrogens is 378 g/mol. The van der Waals surface area contributed by atoms with Crippen LogP contribution >= 0.6 is 11.8 Å². The largest absolute Gasteiger partial charge is 0.486 e. The average molecular weight is 399 g/mol. The van der Waals surface area contributed by atoms with Gasteiger partial charge in [0.05, 0.1) is 19.6 Å². The van der Waals surface area contributed by atoms with E-state index in [1.165, 1.54) is 18.9 Å². The van der Waals surface area contributed by atoms with Crippen LogP contribution in [0.15, 0.2) is 47.4 Å². The van der Waals surface area contributed by atoms with Gasteiger partial charge in [-0.2, -0.15) is 0 Å². The Morgan fingerprint density at radius 2 is 1.86 bits per heavy atom. The highest BCUT2D eigenvalue weighted by atomic mass is 32.2. The fourth-order valence-corrected chi connectivity index (χ4v) is 4.95. The van der Waals surface area contributed by atoms with Gasteiger partial charge in [-0.3, -0.25) is 9.59 Å². The Labute approximate surface area is 167 Å². The van der Waals surface area contributed by atoms with Crippen molar-refractivity contribution in [2.75, 3.05) is 20.3 Å². The van der Waals surface area contributed by atoms with Crippen LogP contribution in [0.5, 0.6) is 11.5 Å². The van der Waals surface area contributed by atoms with E-state index < -0.39 is 16.8 Å². The smallest absolute Gasteiger partial charge is 0.325 e. The van der Waals surface area contributed by atoms with Crippen molar-refractivity contribution in [2.45, 2.75) is 29.0 Å². The third-order valence-electron chi connectivity index (χ3n) is 4.95. The standard InChI is InChI=1S/C21H21NO5S/c1-13-3-6-15(7-4-13)28-21(20(24)25-2)12-18(23)22-19(21)14-5-8-16-17(11-14)27-10-9-26-16/h3-8,11,19H,9-10,12H2,1-2H3,(H,22,23). The Kier molecular flexibility index (Phi) is 4.93. The van der Waals surface area contributed by atoms with Crippen molar-refractivity contribution < 1.29 is 23.8 Å². The van der Waals surface area contributed by atoms with Crippen LogP contribution in [-0.4, -0.2) is 36.9 Å². The zero-order valence-corrected chi connectivity index (χ0v) is 16.5. The zero-order chi connectivity index (χ0) is 19.7. The molecule has 0 spiro atoms. The van der Waals surface area contributed by atoms with E-state index >= 15 is 0 Å². The molecule has 1 saturated heterocycles. The van der Waals surface area contributed by atoms with Gasteiger partial charge in [-0.25, -0.2) is 0 Å². The van der Waals surface area contributed by atoms with Crippen LogP contribution in [-0.2, 0) is 14.3 Å². The van der Waals surface area contributed by atoms with Crippen molar-refractivity contribution in [3.63, 3.8) is 0 Å². The highest BCUT2D eigenvalue weighted by Gasteiger charge is 2.55.